The summed E-state index contributed by atoms with van der Waals surface area (Å²) >= 11 is 0. The van der Waals surface area contributed by atoms with Crippen molar-refractivity contribution in [3.8, 4) is 5.75 Å². The number of nitrogens with one attached hydrogen (secondary N) is 1. The standard InChI is InChI=1S/C17H18FNO/c1-2-7-14-8-3-6-11-17(14)20-13-12-19-16-10-5-4-9-15(16)18/h2-11,19H,12-13H2,1H3. The van der Waals surface area contributed by atoms with Crippen molar-refractivity contribution in [1.29, 1.82) is 0 Å². The minimum absolute atomic E-state index is 0.248. The third-order valence-corrected chi connectivity index (χ3v) is 2.81. The molecule has 0 fully saturated rings. The molecule has 3 heteroatoms. The van der Waals surface area contributed by atoms with E-state index in [4.69, 9.17) is 4.74 Å². The molecule has 20 heavy (non-hydrogen) atoms. The molecule has 2 nitrogen and oxygen atoms in total. The van der Waals surface area contributed by atoms with Crippen LogP contribution < -0.4 is 10.1 Å². The largest absolute Gasteiger partial charge is 0.491 e. The van der Waals surface area contributed by atoms with Crippen molar-refractivity contribution in [1.82, 2.24) is 0 Å². The molecule has 0 aliphatic rings. The first-order chi connectivity index (χ1) is 9.81. The van der Waals surface area contributed by atoms with Gasteiger partial charge < -0.3 is 10.1 Å². The maximum Gasteiger partial charge on any atom is 0.146 e. The van der Waals surface area contributed by atoms with E-state index < -0.39 is 0 Å². The number of benzene rings is 2. The monoisotopic (exact) mass is 271 g/mol. The molecular formula is C17H18FNO. The van der Waals surface area contributed by atoms with E-state index in [1.807, 2.05) is 43.3 Å². The lowest BCUT2D eigenvalue weighted by atomic mass is 10.2. The molecule has 2 rings (SSSR count). The van der Waals surface area contributed by atoms with Crippen LogP contribution in [-0.2, 0) is 0 Å². The fraction of sp³-hybridized carbons (Fsp3) is 0.176. The van der Waals surface area contributed by atoms with Gasteiger partial charge in [-0.25, -0.2) is 4.39 Å². The Balaban J connectivity index is 1.86. The summed E-state index contributed by atoms with van der Waals surface area (Å²) in [6, 6.07) is 14.5. The number of hydrogen-bond donors (Lipinski definition) is 1. The summed E-state index contributed by atoms with van der Waals surface area (Å²) in [6.07, 6.45) is 3.97. The molecule has 0 aliphatic heterocycles. The van der Waals surface area contributed by atoms with Crippen molar-refractivity contribution in [2.24, 2.45) is 0 Å². The van der Waals surface area contributed by atoms with E-state index in [1.165, 1.54) is 6.07 Å². The van der Waals surface area contributed by atoms with Crippen molar-refractivity contribution in [2.45, 2.75) is 6.92 Å². The highest BCUT2D eigenvalue weighted by Crippen LogP contribution is 2.19. The highest BCUT2D eigenvalue weighted by molar-refractivity contribution is 5.56. The number of anilines is 1. The Kier molecular flexibility index (Phi) is 5.18. The molecule has 0 aromatic heterocycles. The van der Waals surface area contributed by atoms with Crippen molar-refractivity contribution in [3.05, 3.63) is 66.0 Å². The van der Waals surface area contributed by atoms with Gasteiger partial charge in [0.25, 0.3) is 0 Å². The second kappa shape index (κ2) is 7.34. The Morgan fingerprint density at radius 1 is 1.10 bits per heavy atom. The zero-order valence-electron chi connectivity index (χ0n) is 11.5. The van der Waals surface area contributed by atoms with E-state index in [9.17, 15) is 4.39 Å². The van der Waals surface area contributed by atoms with Gasteiger partial charge in [0.05, 0.1) is 5.69 Å². The third kappa shape index (κ3) is 3.85. The molecule has 2 aromatic carbocycles. The molecule has 0 bridgehead atoms. The van der Waals surface area contributed by atoms with Crippen LogP contribution in [0.2, 0.25) is 0 Å². The number of para-hydroxylation sites is 2. The number of ether oxygens (including phenoxy) is 1. The molecule has 0 unspecified atom stereocenters. The highest BCUT2D eigenvalue weighted by atomic mass is 19.1. The smallest absolute Gasteiger partial charge is 0.146 e. The molecule has 2 aromatic rings. The van der Waals surface area contributed by atoms with Gasteiger partial charge in [0.15, 0.2) is 0 Å². The van der Waals surface area contributed by atoms with Crippen LogP contribution in [0.4, 0.5) is 10.1 Å². The predicted octanol–water partition coefficient (Wildman–Crippen LogP) is 4.35. The zero-order chi connectivity index (χ0) is 14.2. The quantitative estimate of drug-likeness (QED) is 0.789. The number of halogens is 1. The maximum atomic E-state index is 13.4. The van der Waals surface area contributed by atoms with Crippen molar-refractivity contribution >= 4 is 11.8 Å². The second-order valence-corrected chi connectivity index (χ2v) is 4.29. The summed E-state index contributed by atoms with van der Waals surface area (Å²) in [6.45, 7) is 2.99. The molecule has 0 saturated heterocycles. The SMILES string of the molecule is CC=Cc1ccccc1OCCNc1ccccc1F. The molecule has 0 spiro atoms. The van der Waals surface area contributed by atoms with Gasteiger partial charge in [-0.05, 0) is 25.1 Å². The van der Waals surface area contributed by atoms with Crippen LogP contribution in [0.5, 0.6) is 5.75 Å². The summed E-state index contributed by atoms with van der Waals surface area (Å²) in [7, 11) is 0. The first kappa shape index (κ1) is 14.1. The molecule has 0 heterocycles. The predicted molar refractivity (Wildman–Crippen MR) is 81.5 cm³/mol. The Morgan fingerprint density at radius 2 is 1.85 bits per heavy atom. The Morgan fingerprint density at radius 3 is 2.65 bits per heavy atom. The van der Waals surface area contributed by atoms with Gasteiger partial charge in [0.1, 0.15) is 18.2 Å². The average molecular weight is 271 g/mol. The second-order valence-electron chi connectivity index (χ2n) is 4.29. The van der Waals surface area contributed by atoms with Gasteiger partial charge in [-0.1, -0.05) is 42.5 Å². The summed E-state index contributed by atoms with van der Waals surface area (Å²) < 4.78 is 19.1. The zero-order valence-corrected chi connectivity index (χ0v) is 11.5. The summed E-state index contributed by atoms with van der Waals surface area (Å²) in [5.74, 6) is 0.586. The van der Waals surface area contributed by atoms with E-state index in [0.29, 0.717) is 18.8 Å². The molecule has 104 valence electrons. The van der Waals surface area contributed by atoms with E-state index in [0.717, 1.165) is 11.3 Å². The van der Waals surface area contributed by atoms with E-state index in [1.54, 1.807) is 18.2 Å². The normalized spacial score (nSPS) is 10.7. The Labute approximate surface area is 118 Å². The van der Waals surface area contributed by atoms with Crippen LogP contribution in [0.25, 0.3) is 6.08 Å². The average Bonchev–Trinajstić information content (AvgIpc) is 2.47. The lowest BCUT2D eigenvalue weighted by Gasteiger charge is -2.11. The van der Waals surface area contributed by atoms with Crippen LogP contribution in [0.1, 0.15) is 12.5 Å². The number of allylic oxidation sites excluding steroid dienone is 1. The van der Waals surface area contributed by atoms with Gasteiger partial charge in [-0.15, -0.1) is 0 Å². The molecule has 0 saturated carbocycles. The Bertz CT molecular complexity index is 581. The first-order valence-corrected chi connectivity index (χ1v) is 6.64. The lowest BCUT2D eigenvalue weighted by Crippen LogP contribution is -2.12. The molecule has 0 radical (unpaired) electrons. The molecule has 0 amide bonds. The summed E-state index contributed by atoms with van der Waals surface area (Å²) in [5, 5.41) is 3.02. The first-order valence-electron chi connectivity index (χ1n) is 6.64. The van der Waals surface area contributed by atoms with Crippen LogP contribution in [0.15, 0.2) is 54.6 Å². The number of hydrogen-bond acceptors (Lipinski definition) is 2. The third-order valence-electron chi connectivity index (χ3n) is 2.81. The van der Waals surface area contributed by atoms with Crippen LogP contribution >= 0.6 is 0 Å². The topological polar surface area (TPSA) is 21.3 Å². The van der Waals surface area contributed by atoms with Crippen molar-refractivity contribution in [2.75, 3.05) is 18.5 Å². The van der Waals surface area contributed by atoms with E-state index >= 15 is 0 Å². The summed E-state index contributed by atoms with van der Waals surface area (Å²) in [4.78, 5) is 0. The van der Waals surface area contributed by atoms with Gasteiger partial charge in [0.2, 0.25) is 0 Å². The fourth-order valence-corrected chi connectivity index (χ4v) is 1.88. The highest BCUT2D eigenvalue weighted by Gasteiger charge is 2.01. The molecule has 1 N–H and O–H groups in total. The van der Waals surface area contributed by atoms with E-state index in [-0.39, 0.29) is 5.82 Å². The minimum atomic E-state index is -0.248. The van der Waals surface area contributed by atoms with Gasteiger partial charge >= 0.3 is 0 Å². The fourth-order valence-electron chi connectivity index (χ4n) is 1.88. The lowest BCUT2D eigenvalue weighted by molar-refractivity contribution is 0.332. The minimum Gasteiger partial charge on any atom is -0.491 e. The summed E-state index contributed by atoms with van der Waals surface area (Å²) in [5.41, 5.74) is 1.54. The van der Waals surface area contributed by atoms with Crippen molar-refractivity contribution in [3.63, 3.8) is 0 Å². The maximum absolute atomic E-state index is 13.4. The molecule has 0 aliphatic carbocycles. The van der Waals surface area contributed by atoms with Gasteiger partial charge in [-0.3, -0.25) is 0 Å². The van der Waals surface area contributed by atoms with Crippen molar-refractivity contribution < 1.29 is 9.13 Å². The molecular weight excluding hydrogens is 253 g/mol. The van der Waals surface area contributed by atoms with E-state index in [2.05, 4.69) is 5.32 Å². The number of rotatable bonds is 6. The van der Waals surface area contributed by atoms with Crippen LogP contribution in [-0.4, -0.2) is 13.2 Å². The van der Waals surface area contributed by atoms with Gasteiger partial charge in [0, 0.05) is 12.1 Å². The molecule has 0 atom stereocenters. The van der Waals surface area contributed by atoms with Gasteiger partial charge in [-0.2, -0.15) is 0 Å². The van der Waals surface area contributed by atoms with Crippen LogP contribution in [0.3, 0.4) is 0 Å². The van der Waals surface area contributed by atoms with Crippen LogP contribution in [0, 0.1) is 5.82 Å². The Hall–Kier alpha value is -2.29.